The first-order chi connectivity index (χ1) is 8.17. The number of carbonyl (C=O) groups is 1. The third kappa shape index (κ3) is 2.28. The van der Waals surface area contributed by atoms with Crippen LogP contribution in [0.1, 0.15) is 24.3 Å². The molecule has 4 heteroatoms. The number of ether oxygens (including phenoxy) is 1. The van der Waals surface area contributed by atoms with Gasteiger partial charge in [0.05, 0.1) is 13.2 Å². The standard InChI is InChI=1S/C13H12FNO2/c1-17-12-5-4-9(6-11(12)14)10(7-15)13(16)8-2-3-8/h4-6,8,10H,2-3H2,1H3. The van der Waals surface area contributed by atoms with Crippen molar-refractivity contribution in [3.05, 3.63) is 29.6 Å². The molecule has 0 aliphatic heterocycles. The summed E-state index contributed by atoms with van der Waals surface area (Å²) < 4.78 is 18.3. The van der Waals surface area contributed by atoms with E-state index < -0.39 is 11.7 Å². The van der Waals surface area contributed by atoms with Crippen molar-refractivity contribution in [3.8, 4) is 11.8 Å². The van der Waals surface area contributed by atoms with Crippen LogP contribution >= 0.6 is 0 Å². The Labute approximate surface area is 98.8 Å². The fraction of sp³-hybridized carbons (Fsp3) is 0.385. The van der Waals surface area contributed by atoms with Crippen LogP contribution in [0.2, 0.25) is 0 Å². The molecule has 0 saturated heterocycles. The molecular weight excluding hydrogens is 221 g/mol. The number of ketones is 1. The maximum atomic E-state index is 13.5. The summed E-state index contributed by atoms with van der Waals surface area (Å²) in [5, 5.41) is 9.02. The SMILES string of the molecule is COc1ccc(C(C#N)C(=O)C2CC2)cc1F. The zero-order chi connectivity index (χ0) is 12.4. The summed E-state index contributed by atoms with van der Waals surface area (Å²) in [6.07, 6.45) is 1.69. The van der Waals surface area contributed by atoms with Crippen LogP contribution in [-0.2, 0) is 4.79 Å². The number of nitrogens with zero attached hydrogens (tertiary/aromatic N) is 1. The molecule has 0 N–H and O–H groups in total. The zero-order valence-corrected chi connectivity index (χ0v) is 9.44. The van der Waals surface area contributed by atoms with Crippen LogP contribution in [0.15, 0.2) is 18.2 Å². The van der Waals surface area contributed by atoms with Crippen LogP contribution in [0.3, 0.4) is 0 Å². The zero-order valence-electron chi connectivity index (χ0n) is 9.44. The number of carbonyl (C=O) groups excluding carboxylic acids is 1. The van der Waals surface area contributed by atoms with Gasteiger partial charge in [-0.15, -0.1) is 0 Å². The highest BCUT2D eigenvalue weighted by Crippen LogP contribution is 2.36. The number of halogens is 1. The number of nitriles is 1. The van der Waals surface area contributed by atoms with E-state index in [1.165, 1.54) is 19.2 Å². The second kappa shape index (κ2) is 4.54. The molecule has 1 fully saturated rings. The average molecular weight is 233 g/mol. The maximum absolute atomic E-state index is 13.5. The molecule has 2 rings (SSSR count). The van der Waals surface area contributed by atoms with Gasteiger partial charge in [-0.25, -0.2) is 4.39 Å². The van der Waals surface area contributed by atoms with E-state index in [1.807, 2.05) is 6.07 Å². The van der Waals surface area contributed by atoms with E-state index in [1.54, 1.807) is 6.07 Å². The molecule has 0 heterocycles. The largest absolute Gasteiger partial charge is 0.494 e. The van der Waals surface area contributed by atoms with E-state index in [0.717, 1.165) is 12.8 Å². The predicted octanol–water partition coefficient (Wildman–Crippen LogP) is 2.42. The molecule has 1 aromatic rings. The summed E-state index contributed by atoms with van der Waals surface area (Å²) >= 11 is 0. The number of benzene rings is 1. The summed E-state index contributed by atoms with van der Waals surface area (Å²) in [4.78, 5) is 11.8. The van der Waals surface area contributed by atoms with Crippen molar-refractivity contribution in [1.82, 2.24) is 0 Å². The highest BCUT2D eigenvalue weighted by molar-refractivity contribution is 5.92. The highest BCUT2D eigenvalue weighted by atomic mass is 19.1. The normalized spacial score (nSPS) is 16.1. The molecular formula is C13H12FNO2. The Morgan fingerprint density at radius 2 is 2.29 bits per heavy atom. The van der Waals surface area contributed by atoms with Gasteiger partial charge in [0.2, 0.25) is 0 Å². The maximum Gasteiger partial charge on any atom is 0.165 e. The first-order valence-corrected chi connectivity index (χ1v) is 5.44. The van der Waals surface area contributed by atoms with Gasteiger partial charge >= 0.3 is 0 Å². The molecule has 1 aliphatic carbocycles. The van der Waals surface area contributed by atoms with Crippen LogP contribution in [0.25, 0.3) is 0 Å². The van der Waals surface area contributed by atoms with Crippen molar-refractivity contribution in [3.63, 3.8) is 0 Å². The number of Topliss-reactive ketones (excluding diaryl/α,β-unsaturated/α-hetero) is 1. The quantitative estimate of drug-likeness (QED) is 0.802. The smallest absolute Gasteiger partial charge is 0.165 e. The lowest BCUT2D eigenvalue weighted by Crippen LogP contribution is -2.12. The Hall–Kier alpha value is -1.89. The fourth-order valence-electron chi connectivity index (χ4n) is 1.77. The molecule has 0 radical (unpaired) electrons. The molecule has 0 bridgehead atoms. The van der Waals surface area contributed by atoms with Crippen LogP contribution in [0.5, 0.6) is 5.75 Å². The van der Waals surface area contributed by atoms with Gasteiger partial charge in [-0.1, -0.05) is 6.07 Å². The summed E-state index contributed by atoms with van der Waals surface area (Å²) in [6, 6.07) is 6.15. The van der Waals surface area contributed by atoms with Gasteiger partial charge in [0.15, 0.2) is 17.3 Å². The van der Waals surface area contributed by atoms with E-state index in [-0.39, 0.29) is 17.5 Å². The van der Waals surface area contributed by atoms with Gasteiger partial charge in [0, 0.05) is 5.92 Å². The summed E-state index contributed by atoms with van der Waals surface area (Å²) in [5.74, 6) is -1.40. The fourth-order valence-corrected chi connectivity index (χ4v) is 1.77. The first kappa shape index (κ1) is 11.6. The molecule has 88 valence electrons. The van der Waals surface area contributed by atoms with Gasteiger partial charge in [-0.2, -0.15) is 5.26 Å². The number of hydrogen-bond acceptors (Lipinski definition) is 3. The Bertz CT molecular complexity index is 489. The van der Waals surface area contributed by atoms with Crippen molar-refractivity contribution in [2.75, 3.05) is 7.11 Å². The molecule has 1 atom stereocenters. The average Bonchev–Trinajstić information content (AvgIpc) is 3.14. The van der Waals surface area contributed by atoms with Crippen molar-refractivity contribution < 1.29 is 13.9 Å². The first-order valence-electron chi connectivity index (χ1n) is 5.44. The lowest BCUT2D eigenvalue weighted by atomic mass is 9.93. The molecule has 0 aromatic heterocycles. The molecule has 1 aromatic carbocycles. The lowest BCUT2D eigenvalue weighted by Gasteiger charge is -2.09. The van der Waals surface area contributed by atoms with Gasteiger partial charge in [-0.05, 0) is 30.5 Å². The second-order valence-electron chi connectivity index (χ2n) is 4.13. The third-order valence-corrected chi connectivity index (χ3v) is 2.90. The number of hydrogen-bond donors (Lipinski definition) is 0. The Balaban J connectivity index is 2.28. The van der Waals surface area contributed by atoms with Crippen molar-refractivity contribution in [2.45, 2.75) is 18.8 Å². The van der Waals surface area contributed by atoms with E-state index in [4.69, 9.17) is 10.00 Å². The minimum Gasteiger partial charge on any atom is -0.494 e. The molecule has 1 saturated carbocycles. The topological polar surface area (TPSA) is 50.1 Å². The molecule has 17 heavy (non-hydrogen) atoms. The summed E-state index contributed by atoms with van der Waals surface area (Å²) in [5.41, 5.74) is 0.405. The molecule has 3 nitrogen and oxygen atoms in total. The lowest BCUT2D eigenvalue weighted by molar-refractivity contribution is -0.120. The van der Waals surface area contributed by atoms with Crippen molar-refractivity contribution >= 4 is 5.78 Å². The third-order valence-electron chi connectivity index (χ3n) is 2.90. The monoisotopic (exact) mass is 233 g/mol. The number of rotatable bonds is 4. The van der Waals surface area contributed by atoms with Gasteiger partial charge in [-0.3, -0.25) is 4.79 Å². The van der Waals surface area contributed by atoms with E-state index in [0.29, 0.717) is 5.56 Å². The van der Waals surface area contributed by atoms with Crippen molar-refractivity contribution in [1.29, 1.82) is 5.26 Å². The Morgan fingerprint density at radius 3 is 2.76 bits per heavy atom. The van der Waals surface area contributed by atoms with Gasteiger partial charge in [0.25, 0.3) is 0 Å². The highest BCUT2D eigenvalue weighted by Gasteiger charge is 2.35. The Morgan fingerprint density at radius 1 is 1.59 bits per heavy atom. The molecule has 0 spiro atoms. The molecule has 0 amide bonds. The van der Waals surface area contributed by atoms with E-state index >= 15 is 0 Å². The molecule has 1 aliphatic rings. The van der Waals surface area contributed by atoms with E-state index in [2.05, 4.69) is 0 Å². The minimum absolute atomic E-state index is 0.00943. The van der Waals surface area contributed by atoms with Gasteiger partial charge in [0.1, 0.15) is 5.92 Å². The minimum atomic E-state index is -0.858. The van der Waals surface area contributed by atoms with Crippen LogP contribution < -0.4 is 4.74 Å². The van der Waals surface area contributed by atoms with Crippen LogP contribution in [0, 0.1) is 23.1 Å². The number of methoxy groups -OCH3 is 1. The Kier molecular flexibility index (Phi) is 3.10. The predicted molar refractivity (Wildman–Crippen MR) is 59.0 cm³/mol. The van der Waals surface area contributed by atoms with Crippen molar-refractivity contribution in [2.24, 2.45) is 5.92 Å². The summed E-state index contributed by atoms with van der Waals surface area (Å²) in [7, 11) is 1.37. The van der Waals surface area contributed by atoms with Gasteiger partial charge < -0.3 is 4.74 Å². The van der Waals surface area contributed by atoms with E-state index in [9.17, 15) is 9.18 Å². The molecule has 1 unspecified atom stereocenters. The second-order valence-corrected chi connectivity index (χ2v) is 4.13. The van der Waals surface area contributed by atoms with Crippen LogP contribution in [0.4, 0.5) is 4.39 Å². The summed E-state index contributed by atoms with van der Waals surface area (Å²) in [6.45, 7) is 0. The van der Waals surface area contributed by atoms with Crippen LogP contribution in [-0.4, -0.2) is 12.9 Å².